The Morgan fingerprint density at radius 2 is 1.11 bits per heavy atom. The summed E-state index contributed by atoms with van der Waals surface area (Å²) in [5, 5.41) is 5.41. The van der Waals surface area contributed by atoms with E-state index in [-0.39, 0.29) is 82.0 Å². The normalized spacial score (nSPS) is 12.1. The molecule has 0 bridgehead atoms. The summed E-state index contributed by atoms with van der Waals surface area (Å²) in [6.45, 7) is 13.3. The van der Waals surface area contributed by atoms with E-state index >= 15 is 0 Å². The smallest absolute Gasteiger partial charge is 0.331 e. The molecule has 0 aliphatic heterocycles. The van der Waals surface area contributed by atoms with E-state index in [0.717, 1.165) is 13.1 Å². The molecule has 1 atom stereocenters. The third kappa shape index (κ3) is 34.7. The summed E-state index contributed by atoms with van der Waals surface area (Å²) in [6, 6.07) is 0. The molecule has 1 unspecified atom stereocenters. The monoisotopic (exact) mass is 765 g/mol. The van der Waals surface area contributed by atoms with Crippen molar-refractivity contribution < 1.29 is 66.6 Å². The number of likely N-dealkylation sites (N-methyl/N-ethyl adjacent to an activating group) is 1. The fourth-order valence-corrected chi connectivity index (χ4v) is 4.25. The molecule has 53 heavy (non-hydrogen) atoms. The molecule has 0 fully saturated rings. The van der Waals surface area contributed by atoms with Crippen molar-refractivity contribution in [3.63, 3.8) is 0 Å². The minimum absolute atomic E-state index is 0.0160. The number of rotatable bonds is 36. The summed E-state index contributed by atoms with van der Waals surface area (Å²) < 4.78 is 47.6. The van der Waals surface area contributed by atoms with Gasteiger partial charge in [-0.3, -0.25) is 19.2 Å². The van der Waals surface area contributed by atoms with Crippen molar-refractivity contribution >= 4 is 29.5 Å². The standard InChI is InChI=1S/C36H67N3O14/c1-7-30(11-16-46-19-14-39(5)15-20-49-23-26-52-29-35(44)45-6)31(40)27-50-24-21-48-18-13-38-33(42)28-51-25-22-47-17-12-37-32(41)9-8-10-34(43)53-36(2,3)4/h30H,7-29H2,1-6H3,(H,37,41)(H,38,42). The first-order chi connectivity index (χ1) is 25.4. The number of nitrogens with zero attached hydrogens (tertiary/aromatic N) is 1. The highest BCUT2D eigenvalue weighted by molar-refractivity contribution is 5.82. The van der Waals surface area contributed by atoms with Crippen molar-refractivity contribution in [2.75, 3.05) is 133 Å². The Balaban J connectivity index is 3.61. The van der Waals surface area contributed by atoms with Gasteiger partial charge in [-0.1, -0.05) is 6.92 Å². The number of esters is 2. The molecule has 0 heterocycles. The molecule has 0 saturated carbocycles. The van der Waals surface area contributed by atoms with E-state index in [9.17, 15) is 24.0 Å². The van der Waals surface area contributed by atoms with E-state index in [1.54, 1.807) is 20.8 Å². The van der Waals surface area contributed by atoms with Crippen molar-refractivity contribution in [3.8, 4) is 0 Å². The fourth-order valence-electron chi connectivity index (χ4n) is 4.25. The molecule has 2 N–H and O–H groups in total. The summed E-state index contributed by atoms with van der Waals surface area (Å²) in [7, 11) is 3.29. The first-order valence-electron chi connectivity index (χ1n) is 18.4. The lowest BCUT2D eigenvalue weighted by molar-refractivity contribution is -0.155. The Kier molecular flexibility index (Phi) is 32.0. The number of hydrogen-bond acceptors (Lipinski definition) is 15. The van der Waals surface area contributed by atoms with E-state index in [0.29, 0.717) is 85.2 Å². The number of hydrogen-bond donors (Lipinski definition) is 2. The average Bonchev–Trinajstić information content (AvgIpc) is 3.10. The molecule has 0 aromatic heterocycles. The molecule has 0 spiro atoms. The summed E-state index contributed by atoms with van der Waals surface area (Å²) in [4.78, 5) is 61.0. The molecule has 0 aromatic carbocycles. The molecule has 0 radical (unpaired) electrons. The number of carbonyl (C=O) groups is 5. The van der Waals surface area contributed by atoms with Gasteiger partial charge < -0.3 is 58.2 Å². The number of nitrogens with one attached hydrogen (secondary N) is 2. The minimum Gasteiger partial charge on any atom is -0.467 e. The van der Waals surface area contributed by atoms with Crippen LogP contribution >= 0.6 is 0 Å². The van der Waals surface area contributed by atoms with Crippen LogP contribution in [0.1, 0.15) is 59.8 Å². The van der Waals surface area contributed by atoms with Crippen LogP contribution in [0.2, 0.25) is 0 Å². The molecule has 0 rings (SSSR count). The van der Waals surface area contributed by atoms with Gasteiger partial charge in [0.15, 0.2) is 5.78 Å². The second kappa shape index (κ2) is 33.8. The van der Waals surface area contributed by atoms with Crippen LogP contribution in [0.15, 0.2) is 0 Å². The van der Waals surface area contributed by atoms with Gasteiger partial charge >= 0.3 is 11.9 Å². The van der Waals surface area contributed by atoms with Crippen LogP contribution in [0.3, 0.4) is 0 Å². The van der Waals surface area contributed by atoms with Crippen LogP contribution in [-0.2, 0) is 66.6 Å². The van der Waals surface area contributed by atoms with Crippen LogP contribution in [0.5, 0.6) is 0 Å². The van der Waals surface area contributed by atoms with Gasteiger partial charge in [-0.15, -0.1) is 0 Å². The molecule has 0 saturated heterocycles. The van der Waals surface area contributed by atoms with E-state index < -0.39 is 11.6 Å². The van der Waals surface area contributed by atoms with Gasteiger partial charge in [0, 0.05) is 51.5 Å². The largest absolute Gasteiger partial charge is 0.467 e. The average molecular weight is 766 g/mol. The fraction of sp³-hybridized carbons (Fsp3) is 0.861. The molecule has 0 aliphatic rings. The third-order valence-corrected chi connectivity index (χ3v) is 7.18. The van der Waals surface area contributed by atoms with Crippen LogP contribution in [0.25, 0.3) is 0 Å². The Morgan fingerprint density at radius 1 is 0.604 bits per heavy atom. The van der Waals surface area contributed by atoms with Gasteiger partial charge in [0.1, 0.15) is 25.4 Å². The lowest BCUT2D eigenvalue weighted by atomic mass is 9.98. The van der Waals surface area contributed by atoms with Gasteiger partial charge in [-0.05, 0) is 47.1 Å². The highest BCUT2D eigenvalue weighted by Gasteiger charge is 2.17. The summed E-state index contributed by atoms with van der Waals surface area (Å²) in [5.74, 6) is -1.27. The van der Waals surface area contributed by atoms with Gasteiger partial charge in [0.2, 0.25) is 11.8 Å². The zero-order valence-electron chi connectivity index (χ0n) is 33.0. The molecule has 0 aromatic rings. The summed E-state index contributed by atoms with van der Waals surface area (Å²) >= 11 is 0. The zero-order valence-corrected chi connectivity index (χ0v) is 33.0. The predicted molar refractivity (Wildman–Crippen MR) is 194 cm³/mol. The predicted octanol–water partition coefficient (Wildman–Crippen LogP) is 0.937. The van der Waals surface area contributed by atoms with Crippen molar-refractivity contribution in [2.24, 2.45) is 5.92 Å². The second-order valence-corrected chi connectivity index (χ2v) is 13.0. The van der Waals surface area contributed by atoms with Crippen LogP contribution in [0, 0.1) is 5.92 Å². The molecule has 2 amide bonds. The number of carbonyl (C=O) groups excluding carboxylic acids is 5. The van der Waals surface area contributed by atoms with Crippen LogP contribution in [-0.4, -0.2) is 173 Å². The lowest BCUT2D eigenvalue weighted by Crippen LogP contribution is -2.31. The first kappa shape index (κ1) is 50.2. The highest BCUT2D eigenvalue weighted by Crippen LogP contribution is 2.11. The van der Waals surface area contributed by atoms with Gasteiger partial charge in [0.05, 0.1) is 73.2 Å². The van der Waals surface area contributed by atoms with Crippen molar-refractivity contribution in [1.29, 1.82) is 0 Å². The van der Waals surface area contributed by atoms with Crippen molar-refractivity contribution in [3.05, 3.63) is 0 Å². The molecule has 0 aliphatic carbocycles. The number of Topliss-reactive ketones (excluding diaryl/α,β-unsaturated/α-hetero) is 1. The summed E-state index contributed by atoms with van der Waals surface area (Å²) in [6.07, 6.45) is 2.18. The van der Waals surface area contributed by atoms with Gasteiger partial charge in [0.25, 0.3) is 0 Å². The molecular formula is C36H67N3O14. The van der Waals surface area contributed by atoms with E-state index in [2.05, 4.69) is 20.3 Å². The number of ketones is 1. The van der Waals surface area contributed by atoms with E-state index in [4.69, 9.17) is 37.9 Å². The molecule has 310 valence electrons. The second-order valence-electron chi connectivity index (χ2n) is 13.0. The first-order valence-corrected chi connectivity index (χ1v) is 18.4. The molecule has 17 heteroatoms. The zero-order chi connectivity index (χ0) is 39.6. The van der Waals surface area contributed by atoms with E-state index in [1.165, 1.54) is 7.11 Å². The lowest BCUT2D eigenvalue weighted by Gasteiger charge is -2.19. The molecule has 17 nitrogen and oxygen atoms in total. The SMILES string of the molecule is CCC(CCOCCN(C)CCOCCOCC(=O)OC)C(=O)COCCOCCNC(=O)COCCOCCNC(=O)CCCC(=O)OC(C)(C)C. The van der Waals surface area contributed by atoms with Gasteiger partial charge in [-0.2, -0.15) is 0 Å². The number of amides is 2. The van der Waals surface area contributed by atoms with Crippen molar-refractivity contribution in [1.82, 2.24) is 15.5 Å². The van der Waals surface area contributed by atoms with E-state index in [1.807, 2.05) is 14.0 Å². The van der Waals surface area contributed by atoms with Crippen molar-refractivity contribution in [2.45, 2.75) is 65.4 Å². The highest BCUT2D eigenvalue weighted by atomic mass is 16.6. The Bertz CT molecular complexity index is 980. The summed E-state index contributed by atoms with van der Waals surface area (Å²) in [5.41, 5.74) is -0.536. The van der Waals surface area contributed by atoms with Gasteiger partial charge in [-0.25, -0.2) is 4.79 Å². The Hall–Kier alpha value is -2.77. The minimum atomic E-state index is -0.536. The Labute approximate surface area is 315 Å². The number of methoxy groups -OCH3 is 1. The van der Waals surface area contributed by atoms with Crippen LogP contribution < -0.4 is 10.6 Å². The maximum atomic E-state index is 12.5. The maximum absolute atomic E-state index is 12.5. The Morgan fingerprint density at radius 3 is 1.68 bits per heavy atom. The van der Waals surface area contributed by atoms with Crippen LogP contribution in [0.4, 0.5) is 0 Å². The third-order valence-electron chi connectivity index (χ3n) is 7.18. The topological polar surface area (TPSA) is 196 Å². The number of ether oxygens (including phenoxy) is 9. The maximum Gasteiger partial charge on any atom is 0.331 e. The molecular weight excluding hydrogens is 698 g/mol. The quantitative estimate of drug-likeness (QED) is 0.0675.